The summed E-state index contributed by atoms with van der Waals surface area (Å²) >= 11 is 0. The standard InChI is InChI=1S/C18H25FN2O/c19-16-6-4-15(5-7-16)14-21-13-10-17(8-9-18(21)22)20-11-2-1-3-12-20/h4-7,17H,1-3,8-14H2. The predicted molar refractivity (Wildman–Crippen MR) is 84.9 cm³/mol. The summed E-state index contributed by atoms with van der Waals surface area (Å²) in [5.41, 5.74) is 1.01. The Balaban J connectivity index is 1.59. The lowest BCUT2D eigenvalue weighted by Crippen LogP contribution is -2.39. The van der Waals surface area contributed by atoms with Gasteiger partial charge in [-0.15, -0.1) is 0 Å². The van der Waals surface area contributed by atoms with Crippen LogP contribution in [0, 0.1) is 5.82 Å². The number of likely N-dealkylation sites (tertiary alicyclic amines) is 2. The van der Waals surface area contributed by atoms with Crippen molar-refractivity contribution in [2.24, 2.45) is 0 Å². The Morgan fingerprint density at radius 3 is 2.45 bits per heavy atom. The zero-order valence-corrected chi connectivity index (χ0v) is 13.1. The van der Waals surface area contributed by atoms with E-state index >= 15 is 0 Å². The predicted octanol–water partition coefficient (Wildman–Crippen LogP) is 3.19. The first kappa shape index (κ1) is 15.5. The first-order valence-electron chi connectivity index (χ1n) is 8.48. The van der Waals surface area contributed by atoms with E-state index in [1.54, 1.807) is 12.1 Å². The second-order valence-electron chi connectivity index (χ2n) is 6.52. The third-order valence-corrected chi connectivity index (χ3v) is 4.97. The molecule has 22 heavy (non-hydrogen) atoms. The Morgan fingerprint density at radius 2 is 1.73 bits per heavy atom. The van der Waals surface area contributed by atoms with Gasteiger partial charge in [0.25, 0.3) is 0 Å². The lowest BCUT2D eigenvalue weighted by atomic mass is 10.0. The van der Waals surface area contributed by atoms with E-state index in [0.29, 0.717) is 19.0 Å². The summed E-state index contributed by atoms with van der Waals surface area (Å²) in [7, 11) is 0. The first-order chi connectivity index (χ1) is 10.7. The van der Waals surface area contributed by atoms with Crippen molar-refractivity contribution >= 4 is 5.91 Å². The molecule has 3 rings (SSSR count). The van der Waals surface area contributed by atoms with Gasteiger partial charge in [-0.2, -0.15) is 0 Å². The molecule has 0 saturated carbocycles. The smallest absolute Gasteiger partial charge is 0.222 e. The molecule has 4 heteroatoms. The Bertz CT molecular complexity index is 496. The summed E-state index contributed by atoms with van der Waals surface area (Å²) in [4.78, 5) is 16.9. The van der Waals surface area contributed by atoms with Crippen molar-refractivity contribution in [3.05, 3.63) is 35.6 Å². The number of hydrogen-bond acceptors (Lipinski definition) is 2. The van der Waals surface area contributed by atoms with Gasteiger partial charge in [-0.3, -0.25) is 4.79 Å². The number of halogens is 1. The van der Waals surface area contributed by atoms with Gasteiger partial charge in [0.05, 0.1) is 0 Å². The highest BCUT2D eigenvalue weighted by Gasteiger charge is 2.27. The van der Waals surface area contributed by atoms with Crippen LogP contribution in [0.4, 0.5) is 4.39 Å². The minimum absolute atomic E-state index is 0.226. The number of carbonyl (C=O) groups is 1. The molecule has 0 radical (unpaired) electrons. The molecule has 2 saturated heterocycles. The lowest BCUT2D eigenvalue weighted by molar-refractivity contribution is -0.131. The van der Waals surface area contributed by atoms with Crippen molar-refractivity contribution in [3.8, 4) is 0 Å². The SMILES string of the molecule is O=C1CCC(N2CCCCC2)CCN1Cc1ccc(F)cc1. The van der Waals surface area contributed by atoms with Gasteiger partial charge in [0, 0.05) is 25.6 Å². The Labute approximate surface area is 132 Å². The molecule has 0 N–H and O–H groups in total. The summed E-state index contributed by atoms with van der Waals surface area (Å²) < 4.78 is 13.0. The van der Waals surface area contributed by atoms with Crippen molar-refractivity contribution in [3.63, 3.8) is 0 Å². The van der Waals surface area contributed by atoms with Crippen LogP contribution < -0.4 is 0 Å². The average molecular weight is 304 g/mol. The summed E-state index contributed by atoms with van der Waals surface area (Å²) in [6, 6.07) is 7.04. The second-order valence-corrected chi connectivity index (χ2v) is 6.52. The maximum Gasteiger partial charge on any atom is 0.222 e. The van der Waals surface area contributed by atoms with E-state index in [0.717, 1.165) is 24.9 Å². The van der Waals surface area contributed by atoms with E-state index in [1.807, 2.05) is 4.90 Å². The van der Waals surface area contributed by atoms with E-state index in [2.05, 4.69) is 4.90 Å². The molecule has 0 spiro atoms. The van der Waals surface area contributed by atoms with Crippen LogP contribution in [0.5, 0.6) is 0 Å². The molecule has 120 valence electrons. The van der Waals surface area contributed by atoms with Crippen LogP contribution in [0.15, 0.2) is 24.3 Å². The monoisotopic (exact) mass is 304 g/mol. The highest BCUT2D eigenvalue weighted by atomic mass is 19.1. The van der Waals surface area contributed by atoms with E-state index in [4.69, 9.17) is 0 Å². The third-order valence-electron chi connectivity index (χ3n) is 4.97. The normalized spacial score (nSPS) is 24.3. The average Bonchev–Trinajstić information content (AvgIpc) is 2.73. The molecular formula is C18H25FN2O. The highest BCUT2D eigenvalue weighted by molar-refractivity contribution is 5.76. The zero-order chi connectivity index (χ0) is 15.4. The molecule has 0 aromatic heterocycles. The summed E-state index contributed by atoms with van der Waals surface area (Å²) in [5.74, 6) is 0.0138. The van der Waals surface area contributed by atoms with Crippen LogP contribution in [-0.4, -0.2) is 41.4 Å². The van der Waals surface area contributed by atoms with Crippen LogP contribution in [0.2, 0.25) is 0 Å². The van der Waals surface area contributed by atoms with Gasteiger partial charge in [0.2, 0.25) is 5.91 Å². The Morgan fingerprint density at radius 1 is 1.00 bits per heavy atom. The molecule has 2 aliphatic heterocycles. The number of hydrogen-bond donors (Lipinski definition) is 0. The zero-order valence-electron chi connectivity index (χ0n) is 13.1. The minimum Gasteiger partial charge on any atom is -0.338 e. The fourth-order valence-electron chi connectivity index (χ4n) is 3.65. The van der Waals surface area contributed by atoms with E-state index in [1.165, 1.54) is 44.5 Å². The van der Waals surface area contributed by atoms with Crippen LogP contribution in [0.3, 0.4) is 0 Å². The number of piperidine rings is 1. The molecule has 2 aliphatic rings. The number of carbonyl (C=O) groups excluding carboxylic acids is 1. The maximum atomic E-state index is 13.0. The third kappa shape index (κ3) is 3.86. The lowest BCUT2D eigenvalue weighted by Gasteiger charge is -2.34. The van der Waals surface area contributed by atoms with Crippen LogP contribution >= 0.6 is 0 Å². The van der Waals surface area contributed by atoms with Crippen molar-refractivity contribution in [1.29, 1.82) is 0 Å². The molecule has 0 bridgehead atoms. The fraction of sp³-hybridized carbons (Fsp3) is 0.611. The van der Waals surface area contributed by atoms with Gasteiger partial charge in [0.15, 0.2) is 0 Å². The van der Waals surface area contributed by atoms with Gasteiger partial charge in [-0.05, 0) is 56.5 Å². The van der Waals surface area contributed by atoms with Crippen molar-refractivity contribution in [2.75, 3.05) is 19.6 Å². The number of nitrogens with zero attached hydrogens (tertiary/aromatic N) is 2. The topological polar surface area (TPSA) is 23.6 Å². The maximum absolute atomic E-state index is 13.0. The molecule has 1 aromatic carbocycles. The second kappa shape index (κ2) is 7.23. The van der Waals surface area contributed by atoms with Crippen molar-refractivity contribution < 1.29 is 9.18 Å². The highest BCUT2D eigenvalue weighted by Crippen LogP contribution is 2.22. The Hall–Kier alpha value is -1.42. The molecule has 1 unspecified atom stereocenters. The fourth-order valence-corrected chi connectivity index (χ4v) is 3.65. The molecule has 2 fully saturated rings. The molecule has 1 atom stereocenters. The number of benzene rings is 1. The summed E-state index contributed by atoms with van der Waals surface area (Å²) in [6.45, 7) is 3.80. The van der Waals surface area contributed by atoms with E-state index in [-0.39, 0.29) is 11.7 Å². The first-order valence-corrected chi connectivity index (χ1v) is 8.48. The Kier molecular flexibility index (Phi) is 5.08. The molecule has 3 nitrogen and oxygen atoms in total. The van der Waals surface area contributed by atoms with Crippen LogP contribution in [0.1, 0.15) is 44.1 Å². The molecule has 1 aromatic rings. The van der Waals surface area contributed by atoms with Gasteiger partial charge in [0.1, 0.15) is 5.82 Å². The molecule has 0 aliphatic carbocycles. The quantitative estimate of drug-likeness (QED) is 0.856. The van der Waals surface area contributed by atoms with Gasteiger partial charge in [-0.25, -0.2) is 4.39 Å². The minimum atomic E-state index is -0.226. The van der Waals surface area contributed by atoms with Crippen molar-refractivity contribution in [1.82, 2.24) is 9.80 Å². The summed E-state index contributed by atoms with van der Waals surface area (Å²) in [5, 5.41) is 0. The van der Waals surface area contributed by atoms with Gasteiger partial charge in [-0.1, -0.05) is 18.6 Å². The largest absolute Gasteiger partial charge is 0.338 e. The van der Waals surface area contributed by atoms with Crippen LogP contribution in [-0.2, 0) is 11.3 Å². The van der Waals surface area contributed by atoms with E-state index in [9.17, 15) is 9.18 Å². The number of rotatable bonds is 3. The number of amides is 1. The van der Waals surface area contributed by atoms with E-state index < -0.39 is 0 Å². The molecule has 1 amide bonds. The van der Waals surface area contributed by atoms with Crippen molar-refractivity contribution in [2.45, 2.75) is 51.1 Å². The van der Waals surface area contributed by atoms with Crippen LogP contribution in [0.25, 0.3) is 0 Å². The summed E-state index contributed by atoms with van der Waals surface area (Å²) in [6.07, 6.45) is 6.63. The molecular weight excluding hydrogens is 279 g/mol. The van der Waals surface area contributed by atoms with Gasteiger partial charge >= 0.3 is 0 Å². The van der Waals surface area contributed by atoms with Gasteiger partial charge < -0.3 is 9.80 Å². The molecule has 2 heterocycles.